The Balaban J connectivity index is 0.00000441. The zero-order valence-electron chi connectivity index (χ0n) is 12.4. The van der Waals surface area contributed by atoms with Crippen LogP contribution >= 0.6 is 12.4 Å². The van der Waals surface area contributed by atoms with Gasteiger partial charge in [-0.05, 0) is 26.1 Å². The van der Waals surface area contributed by atoms with Crippen LogP contribution in [0, 0.1) is 10.1 Å². The van der Waals surface area contributed by atoms with Crippen LogP contribution in [0.4, 0.5) is 11.4 Å². The molecule has 0 bridgehead atoms. The summed E-state index contributed by atoms with van der Waals surface area (Å²) < 4.78 is 0. The van der Waals surface area contributed by atoms with Gasteiger partial charge >= 0.3 is 5.97 Å². The second-order valence-electron chi connectivity index (χ2n) is 4.66. The summed E-state index contributed by atoms with van der Waals surface area (Å²) in [4.78, 5) is 35.7. The fourth-order valence-electron chi connectivity index (χ4n) is 1.59. The lowest BCUT2D eigenvalue weighted by Crippen LogP contribution is -2.43. The van der Waals surface area contributed by atoms with E-state index in [2.05, 4.69) is 0 Å². The molecule has 0 spiro atoms. The van der Waals surface area contributed by atoms with Crippen molar-refractivity contribution in [2.75, 3.05) is 25.5 Å². The highest BCUT2D eigenvalue weighted by Gasteiger charge is 2.21. The van der Waals surface area contributed by atoms with E-state index in [0.717, 1.165) is 0 Å². The second-order valence-corrected chi connectivity index (χ2v) is 4.66. The molecule has 0 aliphatic heterocycles. The standard InChI is InChI=1S/C13H17N3O5.ClH/c1-9(13(18)19)14(2)8-12(17)15(3)10-4-6-11(7-5-10)16(20)21;/h4-7,9H,8H2,1-3H3,(H,18,19);1H. The lowest BCUT2D eigenvalue weighted by molar-refractivity contribution is -0.384. The van der Waals surface area contributed by atoms with Gasteiger partial charge in [0.1, 0.15) is 6.04 Å². The molecule has 0 saturated heterocycles. The predicted molar refractivity (Wildman–Crippen MR) is 83.5 cm³/mol. The van der Waals surface area contributed by atoms with Crippen LogP contribution in [0.25, 0.3) is 0 Å². The van der Waals surface area contributed by atoms with E-state index < -0.39 is 16.9 Å². The lowest BCUT2D eigenvalue weighted by atomic mass is 10.2. The number of anilines is 1. The van der Waals surface area contributed by atoms with E-state index in [1.807, 2.05) is 0 Å². The van der Waals surface area contributed by atoms with Gasteiger partial charge in [-0.25, -0.2) is 0 Å². The molecule has 1 N–H and O–H groups in total. The van der Waals surface area contributed by atoms with E-state index >= 15 is 0 Å². The molecule has 1 amide bonds. The van der Waals surface area contributed by atoms with Gasteiger partial charge in [-0.2, -0.15) is 0 Å². The highest BCUT2D eigenvalue weighted by atomic mass is 35.5. The molecular formula is C13H18ClN3O5. The molecule has 122 valence electrons. The molecule has 22 heavy (non-hydrogen) atoms. The van der Waals surface area contributed by atoms with Gasteiger partial charge in [-0.3, -0.25) is 24.6 Å². The van der Waals surface area contributed by atoms with E-state index in [-0.39, 0.29) is 30.5 Å². The number of rotatable bonds is 6. The second kappa shape index (κ2) is 8.30. The van der Waals surface area contributed by atoms with Crippen LogP contribution < -0.4 is 4.90 Å². The molecule has 8 nitrogen and oxygen atoms in total. The normalized spacial score (nSPS) is 11.5. The molecule has 0 aliphatic carbocycles. The van der Waals surface area contributed by atoms with E-state index in [1.165, 1.54) is 48.0 Å². The van der Waals surface area contributed by atoms with E-state index in [4.69, 9.17) is 5.11 Å². The zero-order valence-corrected chi connectivity index (χ0v) is 13.2. The van der Waals surface area contributed by atoms with E-state index in [9.17, 15) is 19.7 Å². The first-order valence-corrected chi connectivity index (χ1v) is 6.18. The number of carboxylic acid groups (broad SMARTS) is 1. The number of nitro benzene ring substituents is 1. The van der Waals surface area contributed by atoms with Gasteiger partial charge < -0.3 is 10.0 Å². The van der Waals surface area contributed by atoms with Crippen molar-refractivity contribution in [1.29, 1.82) is 0 Å². The Morgan fingerprint density at radius 3 is 2.18 bits per heavy atom. The number of carboxylic acids is 1. The van der Waals surface area contributed by atoms with Gasteiger partial charge in [0.2, 0.25) is 5.91 Å². The average molecular weight is 332 g/mol. The quantitative estimate of drug-likeness (QED) is 0.624. The first-order chi connectivity index (χ1) is 9.73. The SMILES string of the molecule is CC(C(=O)O)N(C)CC(=O)N(C)c1ccc([N+](=O)[O-])cc1.Cl. The third-order valence-corrected chi connectivity index (χ3v) is 3.23. The maximum absolute atomic E-state index is 12.1. The van der Waals surface area contributed by atoms with Crippen molar-refractivity contribution in [3.8, 4) is 0 Å². The number of carbonyl (C=O) groups excluding carboxylic acids is 1. The zero-order chi connectivity index (χ0) is 16.2. The molecule has 0 aromatic heterocycles. The Morgan fingerprint density at radius 1 is 1.27 bits per heavy atom. The van der Waals surface area contributed by atoms with Gasteiger partial charge in [-0.15, -0.1) is 12.4 Å². The number of nitrogens with zero attached hydrogens (tertiary/aromatic N) is 3. The van der Waals surface area contributed by atoms with Crippen molar-refractivity contribution >= 4 is 35.7 Å². The number of non-ortho nitro benzene ring substituents is 1. The number of hydrogen-bond acceptors (Lipinski definition) is 5. The van der Waals surface area contributed by atoms with Crippen molar-refractivity contribution in [3.05, 3.63) is 34.4 Å². The number of hydrogen-bond donors (Lipinski definition) is 1. The topological polar surface area (TPSA) is 104 Å². The van der Waals surface area contributed by atoms with Crippen LogP contribution in [-0.4, -0.2) is 53.5 Å². The third kappa shape index (κ3) is 4.97. The minimum absolute atomic E-state index is 0. The Labute approximate surface area is 133 Å². The molecule has 1 aromatic carbocycles. The minimum atomic E-state index is -1.01. The monoisotopic (exact) mass is 331 g/mol. The fourth-order valence-corrected chi connectivity index (χ4v) is 1.59. The summed E-state index contributed by atoms with van der Waals surface area (Å²) in [5.41, 5.74) is 0.443. The molecule has 1 unspecified atom stereocenters. The molecule has 0 saturated carbocycles. The Kier molecular flexibility index (Phi) is 7.47. The van der Waals surface area contributed by atoms with Gasteiger partial charge in [0.05, 0.1) is 11.5 Å². The van der Waals surface area contributed by atoms with Gasteiger partial charge in [0.25, 0.3) is 5.69 Å². The van der Waals surface area contributed by atoms with Crippen LogP contribution in [0.2, 0.25) is 0 Å². The van der Waals surface area contributed by atoms with Crippen molar-refractivity contribution in [2.24, 2.45) is 0 Å². The van der Waals surface area contributed by atoms with Crippen LogP contribution in [-0.2, 0) is 9.59 Å². The Hall–Kier alpha value is -2.19. The lowest BCUT2D eigenvalue weighted by Gasteiger charge is -2.24. The summed E-state index contributed by atoms with van der Waals surface area (Å²) in [6, 6.07) is 4.78. The number of carbonyl (C=O) groups is 2. The number of halogens is 1. The molecule has 0 heterocycles. The molecule has 1 atom stereocenters. The van der Waals surface area contributed by atoms with Crippen LogP contribution in [0.15, 0.2) is 24.3 Å². The largest absolute Gasteiger partial charge is 0.480 e. The summed E-state index contributed by atoms with van der Waals surface area (Å²) in [7, 11) is 3.07. The van der Waals surface area contributed by atoms with Gasteiger partial charge in [0.15, 0.2) is 0 Å². The van der Waals surface area contributed by atoms with Gasteiger partial charge in [0, 0.05) is 24.9 Å². The summed E-state index contributed by atoms with van der Waals surface area (Å²) in [5, 5.41) is 19.4. The van der Waals surface area contributed by atoms with E-state index in [0.29, 0.717) is 5.69 Å². The summed E-state index contributed by atoms with van der Waals surface area (Å²) in [6.07, 6.45) is 0. The fraction of sp³-hybridized carbons (Fsp3) is 0.385. The van der Waals surface area contributed by atoms with Crippen molar-refractivity contribution in [3.63, 3.8) is 0 Å². The van der Waals surface area contributed by atoms with Crippen molar-refractivity contribution in [1.82, 2.24) is 4.90 Å². The molecule has 0 fully saturated rings. The molecule has 1 aromatic rings. The number of likely N-dealkylation sites (N-methyl/N-ethyl adjacent to an activating group) is 2. The number of amides is 1. The highest BCUT2D eigenvalue weighted by molar-refractivity contribution is 5.94. The number of benzene rings is 1. The molecule has 1 rings (SSSR count). The maximum atomic E-state index is 12.1. The van der Waals surface area contributed by atoms with Crippen LogP contribution in [0.1, 0.15) is 6.92 Å². The van der Waals surface area contributed by atoms with Crippen molar-refractivity contribution in [2.45, 2.75) is 13.0 Å². The van der Waals surface area contributed by atoms with Crippen molar-refractivity contribution < 1.29 is 19.6 Å². The number of aliphatic carboxylic acids is 1. The highest BCUT2D eigenvalue weighted by Crippen LogP contribution is 2.18. The Morgan fingerprint density at radius 2 is 1.77 bits per heavy atom. The van der Waals surface area contributed by atoms with Crippen LogP contribution in [0.5, 0.6) is 0 Å². The molecule has 0 radical (unpaired) electrons. The van der Waals surface area contributed by atoms with E-state index in [1.54, 1.807) is 7.05 Å². The minimum Gasteiger partial charge on any atom is -0.480 e. The summed E-state index contributed by atoms with van der Waals surface area (Å²) in [5.74, 6) is -1.32. The first-order valence-electron chi connectivity index (χ1n) is 6.18. The summed E-state index contributed by atoms with van der Waals surface area (Å²) in [6.45, 7) is 1.42. The summed E-state index contributed by atoms with van der Waals surface area (Å²) >= 11 is 0. The third-order valence-electron chi connectivity index (χ3n) is 3.23. The molecular weight excluding hydrogens is 314 g/mol. The maximum Gasteiger partial charge on any atom is 0.320 e. The molecule has 0 aliphatic rings. The molecule has 9 heteroatoms. The number of nitro groups is 1. The van der Waals surface area contributed by atoms with Gasteiger partial charge in [-0.1, -0.05) is 0 Å². The Bertz CT molecular complexity index is 549. The van der Waals surface area contributed by atoms with Crippen LogP contribution in [0.3, 0.4) is 0 Å². The predicted octanol–water partition coefficient (Wildman–Crippen LogP) is 1.38. The first kappa shape index (κ1) is 19.8. The smallest absolute Gasteiger partial charge is 0.320 e. The average Bonchev–Trinajstić information content (AvgIpc) is 2.45.